The molecular formula is C15H19N5O2S2. The van der Waals surface area contributed by atoms with Crippen LogP contribution in [0.2, 0.25) is 0 Å². The van der Waals surface area contributed by atoms with Crippen LogP contribution in [0.25, 0.3) is 0 Å². The molecule has 0 bridgehead atoms. The quantitative estimate of drug-likeness (QED) is 0.752. The summed E-state index contributed by atoms with van der Waals surface area (Å²) in [6, 6.07) is 2.14. The molecule has 0 spiro atoms. The van der Waals surface area contributed by atoms with E-state index in [9.17, 15) is 10.1 Å². The zero-order chi connectivity index (χ0) is 17.7. The molecule has 0 aliphatic carbocycles. The van der Waals surface area contributed by atoms with E-state index in [1.807, 2.05) is 26.2 Å². The van der Waals surface area contributed by atoms with Crippen molar-refractivity contribution in [2.45, 2.75) is 44.9 Å². The summed E-state index contributed by atoms with van der Waals surface area (Å²) in [4.78, 5) is 16.4. The average Bonchev–Trinajstić information content (AvgIpc) is 3.14. The molecule has 9 heteroatoms. The van der Waals surface area contributed by atoms with Crippen molar-refractivity contribution in [2.75, 3.05) is 5.75 Å². The molecule has 0 fully saturated rings. The third-order valence-corrected chi connectivity index (χ3v) is 5.20. The number of nitriles is 1. The molecule has 2 aromatic heterocycles. The Morgan fingerprint density at radius 1 is 1.54 bits per heavy atom. The highest BCUT2D eigenvalue weighted by Crippen LogP contribution is 2.20. The molecule has 1 atom stereocenters. The average molecular weight is 365 g/mol. The van der Waals surface area contributed by atoms with Gasteiger partial charge in [0.05, 0.1) is 28.9 Å². The lowest BCUT2D eigenvalue weighted by atomic mass is 9.90. The lowest BCUT2D eigenvalue weighted by Crippen LogP contribution is -2.49. The molecule has 2 heterocycles. The second kappa shape index (κ2) is 7.77. The number of hydrogen-bond donors (Lipinski definition) is 1. The Hall–Kier alpha value is -1.92. The first-order valence-corrected chi connectivity index (χ1v) is 9.27. The SMILES string of the molecule is Cc1nc(Cc2nnc(SCC(=O)N[C@](C)(C#N)C(C)C)o2)cs1. The lowest BCUT2D eigenvalue weighted by molar-refractivity contribution is -0.120. The molecule has 1 N–H and O–H groups in total. The van der Waals surface area contributed by atoms with E-state index in [-0.39, 0.29) is 17.6 Å². The number of aromatic nitrogens is 3. The summed E-state index contributed by atoms with van der Waals surface area (Å²) < 4.78 is 5.51. The highest BCUT2D eigenvalue weighted by Gasteiger charge is 2.30. The fourth-order valence-electron chi connectivity index (χ4n) is 1.77. The molecular weight excluding hydrogens is 346 g/mol. The molecule has 2 rings (SSSR count). The Balaban J connectivity index is 1.86. The maximum atomic E-state index is 12.0. The molecule has 2 aromatic rings. The largest absolute Gasteiger partial charge is 0.416 e. The van der Waals surface area contributed by atoms with Crippen molar-refractivity contribution >= 4 is 29.0 Å². The van der Waals surface area contributed by atoms with Gasteiger partial charge in [-0.3, -0.25) is 4.79 Å². The first kappa shape index (κ1) is 18.4. The van der Waals surface area contributed by atoms with Crippen LogP contribution in [0.5, 0.6) is 0 Å². The van der Waals surface area contributed by atoms with Crippen molar-refractivity contribution in [1.82, 2.24) is 20.5 Å². The fourth-order valence-corrected chi connectivity index (χ4v) is 2.96. The third-order valence-electron chi connectivity index (χ3n) is 3.56. The molecule has 0 aliphatic rings. The van der Waals surface area contributed by atoms with Gasteiger partial charge in [-0.25, -0.2) is 4.98 Å². The molecule has 1 amide bonds. The predicted octanol–water partition coefficient (Wildman–Crippen LogP) is 2.57. The number of thioether (sulfide) groups is 1. The van der Waals surface area contributed by atoms with Gasteiger partial charge in [-0.1, -0.05) is 25.6 Å². The summed E-state index contributed by atoms with van der Waals surface area (Å²) >= 11 is 2.72. The Morgan fingerprint density at radius 2 is 2.29 bits per heavy atom. The van der Waals surface area contributed by atoms with Crippen molar-refractivity contribution in [3.63, 3.8) is 0 Å². The van der Waals surface area contributed by atoms with E-state index in [4.69, 9.17) is 4.42 Å². The minimum atomic E-state index is -0.889. The minimum Gasteiger partial charge on any atom is -0.416 e. The van der Waals surface area contributed by atoms with E-state index in [2.05, 4.69) is 26.6 Å². The first-order valence-electron chi connectivity index (χ1n) is 7.41. The van der Waals surface area contributed by atoms with E-state index >= 15 is 0 Å². The van der Waals surface area contributed by atoms with Gasteiger partial charge in [-0.05, 0) is 19.8 Å². The van der Waals surface area contributed by atoms with E-state index in [0.717, 1.165) is 22.5 Å². The smallest absolute Gasteiger partial charge is 0.277 e. The minimum absolute atomic E-state index is 0.00743. The van der Waals surface area contributed by atoms with E-state index in [1.54, 1.807) is 18.3 Å². The zero-order valence-corrected chi connectivity index (χ0v) is 15.6. The normalized spacial score (nSPS) is 13.5. The molecule has 0 saturated heterocycles. The Morgan fingerprint density at radius 3 is 2.88 bits per heavy atom. The van der Waals surface area contributed by atoms with Gasteiger partial charge in [0.15, 0.2) is 0 Å². The summed E-state index contributed by atoms with van der Waals surface area (Å²) in [6.07, 6.45) is 0.476. The zero-order valence-electron chi connectivity index (χ0n) is 14.0. The molecule has 0 unspecified atom stereocenters. The van der Waals surface area contributed by atoms with Gasteiger partial charge in [0.1, 0.15) is 5.54 Å². The van der Waals surface area contributed by atoms with Crippen LogP contribution in [0.3, 0.4) is 0 Å². The van der Waals surface area contributed by atoms with Gasteiger partial charge >= 0.3 is 0 Å². The molecule has 0 radical (unpaired) electrons. The van der Waals surface area contributed by atoms with Crippen LogP contribution in [0, 0.1) is 24.2 Å². The molecule has 0 aliphatic heterocycles. The lowest BCUT2D eigenvalue weighted by Gasteiger charge is -2.27. The van der Waals surface area contributed by atoms with Crippen LogP contribution in [-0.2, 0) is 11.2 Å². The van der Waals surface area contributed by atoms with E-state index < -0.39 is 5.54 Å². The van der Waals surface area contributed by atoms with Gasteiger partial charge in [-0.15, -0.1) is 21.5 Å². The standard InChI is InChI=1S/C15H19N5O2S2/c1-9(2)15(4,8-16)18-12(21)7-24-14-20-19-13(22-14)5-11-6-23-10(3)17-11/h6,9H,5,7H2,1-4H3,(H,18,21)/t15-/m1/s1. The first-order chi connectivity index (χ1) is 11.3. The molecule has 128 valence electrons. The second-order valence-corrected chi connectivity index (χ2v) is 7.79. The maximum absolute atomic E-state index is 12.0. The summed E-state index contributed by atoms with van der Waals surface area (Å²) in [7, 11) is 0. The highest BCUT2D eigenvalue weighted by molar-refractivity contribution is 7.99. The van der Waals surface area contributed by atoms with Crippen LogP contribution in [0.4, 0.5) is 0 Å². The summed E-state index contributed by atoms with van der Waals surface area (Å²) in [5.74, 6) is 0.342. The van der Waals surface area contributed by atoms with E-state index in [1.165, 1.54) is 0 Å². The summed E-state index contributed by atoms with van der Waals surface area (Å²) in [6.45, 7) is 7.43. The number of nitrogens with one attached hydrogen (secondary N) is 1. The third kappa shape index (κ3) is 4.79. The van der Waals surface area contributed by atoms with Crippen LogP contribution < -0.4 is 5.32 Å². The van der Waals surface area contributed by atoms with Crippen molar-refractivity contribution in [3.05, 3.63) is 22.0 Å². The monoisotopic (exact) mass is 365 g/mol. The molecule has 7 nitrogen and oxygen atoms in total. The summed E-state index contributed by atoms with van der Waals surface area (Å²) in [5.41, 5.74) is -0.00250. The topological polar surface area (TPSA) is 105 Å². The number of thiazole rings is 1. The van der Waals surface area contributed by atoms with Gasteiger partial charge in [0.2, 0.25) is 11.8 Å². The van der Waals surface area contributed by atoms with Gasteiger partial charge < -0.3 is 9.73 Å². The Bertz CT molecular complexity index is 749. The van der Waals surface area contributed by atoms with E-state index in [0.29, 0.717) is 17.5 Å². The number of carbonyl (C=O) groups is 1. The molecule has 24 heavy (non-hydrogen) atoms. The maximum Gasteiger partial charge on any atom is 0.277 e. The number of carbonyl (C=O) groups excluding carboxylic acids is 1. The fraction of sp³-hybridized carbons (Fsp3) is 0.533. The molecule has 0 saturated carbocycles. The Labute approximate surface area is 148 Å². The molecule has 0 aromatic carbocycles. The summed E-state index contributed by atoms with van der Waals surface area (Å²) in [5, 5.41) is 23.1. The van der Waals surface area contributed by atoms with Crippen LogP contribution >= 0.6 is 23.1 Å². The number of aryl methyl sites for hydroxylation is 1. The number of rotatable bonds is 7. The van der Waals surface area contributed by atoms with Gasteiger partial charge in [0, 0.05) is 5.38 Å². The highest BCUT2D eigenvalue weighted by atomic mass is 32.2. The van der Waals surface area contributed by atoms with Gasteiger partial charge in [0.25, 0.3) is 5.22 Å². The number of hydrogen-bond acceptors (Lipinski definition) is 8. The van der Waals surface area contributed by atoms with Crippen molar-refractivity contribution in [2.24, 2.45) is 5.92 Å². The van der Waals surface area contributed by atoms with Gasteiger partial charge in [-0.2, -0.15) is 5.26 Å². The van der Waals surface area contributed by atoms with Crippen molar-refractivity contribution < 1.29 is 9.21 Å². The van der Waals surface area contributed by atoms with Crippen molar-refractivity contribution in [1.29, 1.82) is 5.26 Å². The predicted molar refractivity (Wildman–Crippen MR) is 91.7 cm³/mol. The van der Waals surface area contributed by atoms with Crippen LogP contribution in [0.15, 0.2) is 15.0 Å². The van der Waals surface area contributed by atoms with Crippen molar-refractivity contribution in [3.8, 4) is 6.07 Å². The Kier molecular flexibility index (Phi) is 5.96. The van der Waals surface area contributed by atoms with Crippen LogP contribution in [0.1, 0.15) is 37.4 Å². The number of nitrogens with zero attached hydrogens (tertiary/aromatic N) is 4. The number of amides is 1. The van der Waals surface area contributed by atoms with Crippen LogP contribution in [-0.4, -0.2) is 32.4 Å². The second-order valence-electron chi connectivity index (χ2n) is 5.80.